The molecule has 0 radical (unpaired) electrons. The summed E-state index contributed by atoms with van der Waals surface area (Å²) >= 11 is 4.94. The van der Waals surface area contributed by atoms with E-state index in [2.05, 4.69) is 16.7 Å². The lowest BCUT2D eigenvalue weighted by Gasteiger charge is -2.20. The Labute approximate surface area is 79.5 Å². The van der Waals surface area contributed by atoms with Gasteiger partial charge in [-0.1, -0.05) is 6.92 Å². The van der Waals surface area contributed by atoms with Gasteiger partial charge in [0.05, 0.1) is 0 Å². The number of thiocarbonyl (C=S) groups is 1. The van der Waals surface area contributed by atoms with Crippen LogP contribution in [0.4, 0.5) is 0 Å². The molecule has 0 spiro atoms. The van der Waals surface area contributed by atoms with E-state index in [1.807, 2.05) is 0 Å². The summed E-state index contributed by atoms with van der Waals surface area (Å²) in [5.74, 6) is 0. The minimum atomic E-state index is 0.549. The highest BCUT2D eigenvalue weighted by molar-refractivity contribution is 7.80. The normalized spacial score (nSPS) is 20.6. The Morgan fingerprint density at radius 3 is 2.67 bits per heavy atom. The Hall–Kier alpha value is -0.350. The van der Waals surface area contributed by atoms with Gasteiger partial charge in [0.15, 0.2) is 5.11 Å². The van der Waals surface area contributed by atoms with Crippen molar-refractivity contribution in [3.8, 4) is 0 Å². The first kappa shape index (κ1) is 9.74. The smallest absolute Gasteiger partial charge is 0.166 e. The molecule has 0 aliphatic carbocycles. The molecule has 0 saturated carbocycles. The number of hydrogen-bond acceptors (Lipinski definition) is 2. The number of rotatable bonds is 1. The van der Waals surface area contributed by atoms with Gasteiger partial charge in [-0.2, -0.15) is 0 Å². The zero-order chi connectivity index (χ0) is 8.97. The van der Waals surface area contributed by atoms with Crippen molar-refractivity contribution in [1.82, 2.24) is 9.80 Å². The molecule has 1 heterocycles. The highest BCUT2D eigenvalue weighted by atomic mass is 32.1. The van der Waals surface area contributed by atoms with Crippen LogP contribution in [0.1, 0.15) is 13.3 Å². The maximum absolute atomic E-state index is 5.56. The Kier molecular flexibility index (Phi) is 3.75. The number of nitrogens with zero attached hydrogens (tertiary/aromatic N) is 2. The van der Waals surface area contributed by atoms with Gasteiger partial charge in [0.25, 0.3) is 0 Å². The second-order valence-corrected chi connectivity index (χ2v) is 3.53. The molecule has 1 rings (SSSR count). The van der Waals surface area contributed by atoms with Crippen LogP contribution in [-0.4, -0.2) is 47.6 Å². The van der Waals surface area contributed by atoms with E-state index in [1.54, 1.807) is 0 Å². The van der Waals surface area contributed by atoms with Crippen molar-refractivity contribution in [2.45, 2.75) is 13.3 Å². The average molecular weight is 187 g/mol. The molecule has 1 fully saturated rings. The molecular formula is C8H17N3S. The van der Waals surface area contributed by atoms with E-state index in [1.165, 1.54) is 13.0 Å². The van der Waals surface area contributed by atoms with Crippen molar-refractivity contribution in [1.29, 1.82) is 0 Å². The zero-order valence-electron chi connectivity index (χ0n) is 7.62. The van der Waals surface area contributed by atoms with Crippen LogP contribution < -0.4 is 5.73 Å². The van der Waals surface area contributed by atoms with Gasteiger partial charge in [0, 0.05) is 19.6 Å². The lowest BCUT2D eigenvalue weighted by Crippen LogP contribution is -2.38. The first-order valence-electron chi connectivity index (χ1n) is 4.50. The predicted molar refractivity (Wildman–Crippen MR) is 55.1 cm³/mol. The molecule has 1 aliphatic rings. The highest BCUT2D eigenvalue weighted by Gasteiger charge is 2.13. The third kappa shape index (κ3) is 2.60. The van der Waals surface area contributed by atoms with Gasteiger partial charge < -0.3 is 15.5 Å². The Morgan fingerprint density at radius 1 is 1.33 bits per heavy atom. The average Bonchev–Trinajstić information content (AvgIpc) is 2.28. The molecule has 2 N–H and O–H groups in total. The molecule has 0 atom stereocenters. The van der Waals surface area contributed by atoms with E-state index in [-0.39, 0.29) is 0 Å². The van der Waals surface area contributed by atoms with E-state index in [4.69, 9.17) is 18.0 Å². The standard InChI is InChI=1S/C8H17N3S/c1-2-10-4-3-5-11(7-6-10)8(9)12/h2-7H2,1H3,(H2,9,12). The molecule has 0 bridgehead atoms. The van der Waals surface area contributed by atoms with E-state index in [9.17, 15) is 0 Å². The summed E-state index contributed by atoms with van der Waals surface area (Å²) < 4.78 is 0. The Balaban J connectivity index is 2.39. The molecule has 3 nitrogen and oxygen atoms in total. The van der Waals surface area contributed by atoms with Crippen molar-refractivity contribution in [2.75, 3.05) is 32.7 Å². The van der Waals surface area contributed by atoms with Gasteiger partial charge >= 0.3 is 0 Å². The van der Waals surface area contributed by atoms with E-state index in [0.717, 1.165) is 26.2 Å². The van der Waals surface area contributed by atoms with E-state index >= 15 is 0 Å². The molecule has 4 heteroatoms. The maximum Gasteiger partial charge on any atom is 0.166 e. The fourth-order valence-corrected chi connectivity index (χ4v) is 1.69. The quantitative estimate of drug-likeness (QED) is 0.597. The maximum atomic E-state index is 5.56. The summed E-state index contributed by atoms with van der Waals surface area (Å²) in [7, 11) is 0. The van der Waals surface area contributed by atoms with Gasteiger partial charge in [0.2, 0.25) is 0 Å². The molecule has 1 saturated heterocycles. The van der Waals surface area contributed by atoms with Crippen LogP contribution in [-0.2, 0) is 0 Å². The topological polar surface area (TPSA) is 32.5 Å². The third-order valence-electron chi connectivity index (χ3n) is 2.35. The molecule has 70 valence electrons. The minimum Gasteiger partial charge on any atom is -0.376 e. The zero-order valence-corrected chi connectivity index (χ0v) is 8.44. The van der Waals surface area contributed by atoms with Crippen molar-refractivity contribution < 1.29 is 0 Å². The molecule has 0 aromatic heterocycles. The summed E-state index contributed by atoms with van der Waals surface area (Å²) in [5.41, 5.74) is 5.56. The first-order valence-corrected chi connectivity index (χ1v) is 4.91. The number of likely N-dealkylation sites (N-methyl/N-ethyl adjacent to an activating group) is 1. The third-order valence-corrected chi connectivity index (χ3v) is 2.61. The van der Waals surface area contributed by atoms with E-state index < -0.39 is 0 Å². The summed E-state index contributed by atoms with van der Waals surface area (Å²) in [6, 6.07) is 0. The van der Waals surface area contributed by atoms with Gasteiger partial charge in [-0.25, -0.2) is 0 Å². The van der Waals surface area contributed by atoms with Crippen LogP contribution >= 0.6 is 12.2 Å². The van der Waals surface area contributed by atoms with Gasteiger partial charge in [-0.05, 0) is 31.7 Å². The van der Waals surface area contributed by atoms with Crippen molar-refractivity contribution >= 4 is 17.3 Å². The number of nitrogens with two attached hydrogens (primary N) is 1. The van der Waals surface area contributed by atoms with Crippen molar-refractivity contribution in [3.63, 3.8) is 0 Å². The van der Waals surface area contributed by atoms with E-state index in [0.29, 0.717) is 5.11 Å². The molecule has 1 aliphatic heterocycles. The lowest BCUT2D eigenvalue weighted by atomic mass is 10.4. The highest BCUT2D eigenvalue weighted by Crippen LogP contribution is 2.01. The second-order valence-electron chi connectivity index (χ2n) is 3.11. The van der Waals surface area contributed by atoms with Gasteiger partial charge in [-0.15, -0.1) is 0 Å². The fraction of sp³-hybridized carbons (Fsp3) is 0.875. The number of hydrogen-bond donors (Lipinski definition) is 1. The molecule has 0 aromatic carbocycles. The summed E-state index contributed by atoms with van der Waals surface area (Å²) in [5, 5.41) is 0.549. The van der Waals surface area contributed by atoms with Crippen LogP contribution in [0.25, 0.3) is 0 Å². The summed E-state index contributed by atoms with van der Waals surface area (Å²) in [6.07, 6.45) is 1.17. The summed E-state index contributed by atoms with van der Waals surface area (Å²) in [6.45, 7) is 7.60. The molecule has 0 amide bonds. The summed E-state index contributed by atoms with van der Waals surface area (Å²) in [4.78, 5) is 4.52. The Bertz CT molecular complexity index is 160. The van der Waals surface area contributed by atoms with Crippen LogP contribution in [0.15, 0.2) is 0 Å². The van der Waals surface area contributed by atoms with Crippen molar-refractivity contribution in [2.24, 2.45) is 5.73 Å². The van der Waals surface area contributed by atoms with Crippen LogP contribution in [0.2, 0.25) is 0 Å². The van der Waals surface area contributed by atoms with Gasteiger partial charge in [0.1, 0.15) is 0 Å². The second kappa shape index (κ2) is 4.62. The Morgan fingerprint density at radius 2 is 2.08 bits per heavy atom. The predicted octanol–water partition coefficient (Wildman–Crippen LogP) is 0.258. The van der Waals surface area contributed by atoms with Crippen LogP contribution in [0.5, 0.6) is 0 Å². The molecular weight excluding hydrogens is 170 g/mol. The molecule has 0 aromatic rings. The van der Waals surface area contributed by atoms with Crippen molar-refractivity contribution in [3.05, 3.63) is 0 Å². The van der Waals surface area contributed by atoms with Crippen LogP contribution in [0, 0.1) is 0 Å². The minimum absolute atomic E-state index is 0.549. The molecule has 0 unspecified atom stereocenters. The van der Waals surface area contributed by atoms with Gasteiger partial charge in [-0.3, -0.25) is 0 Å². The molecule has 12 heavy (non-hydrogen) atoms. The van der Waals surface area contributed by atoms with Crippen LogP contribution in [0.3, 0.4) is 0 Å². The fourth-order valence-electron chi connectivity index (χ4n) is 1.51. The first-order chi connectivity index (χ1) is 5.74. The lowest BCUT2D eigenvalue weighted by molar-refractivity contribution is 0.301. The monoisotopic (exact) mass is 187 g/mol. The SMILES string of the molecule is CCN1CCCN(C(N)=S)CC1. The largest absolute Gasteiger partial charge is 0.376 e.